The van der Waals surface area contributed by atoms with E-state index in [4.69, 9.17) is 16.3 Å². The van der Waals surface area contributed by atoms with Gasteiger partial charge in [0.15, 0.2) is 0 Å². The van der Waals surface area contributed by atoms with Gasteiger partial charge in [-0.1, -0.05) is 41.4 Å². The number of hydrogen-bond acceptors (Lipinski definition) is 4. The Morgan fingerprint density at radius 3 is 2.18 bits per heavy atom. The number of sulfonamides is 1. The van der Waals surface area contributed by atoms with Crippen molar-refractivity contribution in [3.05, 3.63) is 88.9 Å². The van der Waals surface area contributed by atoms with Crippen LogP contribution in [0.1, 0.15) is 31.0 Å². The number of carbonyl (C=O) groups excluding carboxylic acids is 1. The minimum atomic E-state index is -3.98. The molecule has 0 aliphatic rings. The first kappa shape index (κ1) is 24.6. The molecule has 0 heterocycles. The van der Waals surface area contributed by atoms with E-state index in [1.54, 1.807) is 36.4 Å². The Bertz CT molecular complexity index is 1180. The predicted molar refractivity (Wildman–Crippen MR) is 131 cm³/mol. The molecular formula is C25H27ClN2O4S. The number of rotatable bonds is 9. The van der Waals surface area contributed by atoms with E-state index < -0.39 is 15.9 Å². The second kappa shape index (κ2) is 10.7. The molecule has 3 aromatic carbocycles. The lowest BCUT2D eigenvalue weighted by Crippen LogP contribution is -2.41. The highest BCUT2D eigenvalue weighted by Gasteiger charge is 2.27. The summed E-state index contributed by atoms with van der Waals surface area (Å²) >= 11 is 5.98. The van der Waals surface area contributed by atoms with Crippen LogP contribution in [0.25, 0.3) is 0 Å². The SMILES string of the molecule is CCOc1ccc([C@H](C)NC(=O)CN(c2ccc(Cl)cc2)S(=O)(=O)c2ccc(C)cc2)cc1. The average molecular weight is 487 g/mol. The van der Waals surface area contributed by atoms with Gasteiger partial charge in [-0.2, -0.15) is 0 Å². The molecule has 0 aliphatic heterocycles. The van der Waals surface area contributed by atoms with Crippen LogP contribution in [0, 0.1) is 6.92 Å². The normalized spacial score (nSPS) is 12.1. The minimum Gasteiger partial charge on any atom is -0.494 e. The number of ether oxygens (including phenoxy) is 1. The van der Waals surface area contributed by atoms with Crippen molar-refractivity contribution in [1.82, 2.24) is 5.32 Å². The number of nitrogens with zero attached hydrogens (tertiary/aromatic N) is 1. The Labute approximate surface area is 200 Å². The van der Waals surface area contributed by atoms with Crippen molar-refractivity contribution in [1.29, 1.82) is 0 Å². The van der Waals surface area contributed by atoms with Crippen LogP contribution in [0.4, 0.5) is 5.69 Å². The summed E-state index contributed by atoms with van der Waals surface area (Å²) < 4.78 is 33.4. The van der Waals surface area contributed by atoms with E-state index in [0.29, 0.717) is 17.3 Å². The Morgan fingerprint density at radius 2 is 1.61 bits per heavy atom. The van der Waals surface area contributed by atoms with Crippen molar-refractivity contribution in [2.24, 2.45) is 0 Å². The molecule has 0 aliphatic carbocycles. The molecule has 0 aromatic heterocycles. The first-order valence-electron chi connectivity index (χ1n) is 10.6. The number of amides is 1. The lowest BCUT2D eigenvalue weighted by molar-refractivity contribution is -0.120. The van der Waals surface area contributed by atoms with Gasteiger partial charge in [0, 0.05) is 5.02 Å². The van der Waals surface area contributed by atoms with E-state index in [1.165, 1.54) is 12.1 Å². The van der Waals surface area contributed by atoms with Crippen molar-refractivity contribution in [3.63, 3.8) is 0 Å². The molecule has 0 spiro atoms. The Kier molecular flexibility index (Phi) is 8.00. The number of anilines is 1. The van der Waals surface area contributed by atoms with Gasteiger partial charge in [0.05, 0.1) is 23.2 Å². The summed E-state index contributed by atoms with van der Waals surface area (Å²) in [5.74, 6) is 0.319. The van der Waals surface area contributed by atoms with Crippen LogP contribution >= 0.6 is 11.6 Å². The van der Waals surface area contributed by atoms with Crippen LogP contribution in [0.15, 0.2) is 77.7 Å². The quantitative estimate of drug-likeness (QED) is 0.455. The largest absolute Gasteiger partial charge is 0.494 e. The lowest BCUT2D eigenvalue weighted by atomic mass is 10.1. The topological polar surface area (TPSA) is 75.7 Å². The highest BCUT2D eigenvalue weighted by Crippen LogP contribution is 2.26. The fraction of sp³-hybridized carbons (Fsp3) is 0.240. The summed E-state index contributed by atoms with van der Waals surface area (Å²) in [6.45, 7) is 5.83. The van der Waals surface area contributed by atoms with E-state index in [-0.39, 0.29) is 17.5 Å². The zero-order valence-electron chi connectivity index (χ0n) is 18.8. The van der Waals surface area contributed by atoms with Gasteiger partial charge in [0.1, 0.15) is 12.3 Å². The van der Waals surface area contributed by atoms with Crippen LogP contribution in [0.3, 0.4) is 0 Å². The number of carbonyl (C=O) groups is 1. The molecule has 8 heteroatoms. The third-order valence-electron chi connectivity index (χ3n) is 5.08. The maximum atomic E-state index is 13.4. The van der Waals surface area contributed by atoms with Crippen LogP contribution < -0.4 is 14.4 Å². The second-order valence-electron chi connectivity index (χ2n) is 7.59. The molecule has 1 N–H and O–H groups in total. The van der Waals surface area contributed by atoms with Crippen LogP contribution in [-0.4, -0.2) is 27.5 Å². The molecule has 3 aromatic rings. The van der Waals surface area contributed by atoms with Crippen LogP contribution in [0.2, 0.25) is 5.02 Å². The average Bonchev–Trinajstić information content (AvgIpc) is 2.79. The monoisotopic (exact) mass is 486 g/mol. The Morgan fingerprint density at radius 1 is 1.00 bits per heavy atom. The standard InChI is InChI=1S/C25H27ClN2O4S/c1-4-32-23-13-7-20(8-14-23)19(3)27-25(29)17-28(22-11-9-21(26)10-12-22)33(30,31)24-15-5-18(2)6-16-24/h5-16,19H,4,17H2,1-3H3,(H,27,29)/t19-/m0/s1. The van der Waals surface area contributed by atoms with Gasteiger partial charge in [0.25, 0.3) is 10.0 Å². The molecule has 0 radical (unpaired) electrons. The van der Waals surface area contributed by atoms with Gasteiger partial charge in [-0.25, -0.2) is 8.42 Å². The van der Waals surface area contributed by atoms with Gasteiger partial charge in [-0.05, 0) is 74.9 Å². The number of hydrogen-bond donors (Lipinski definition) is 1. The fourth-order valence-corrected chi connectivity index (χ4v) is 4.83. The number of aryl methyl sites for hydroxylation is 1. The highest BCUT2D eigenvalue weighted by molar-refractivity contribution is 7.92. The highest BCUT2D eigenvalue weighted by atomic mass is 35.5. The Hall–Kier alpha value is -3.03. The molecule has 0 saturated carbocycles. The Balaban J connectivity index is 1.83. The van der Waals surface area contributed by atoms with Gasteiger partial charge < -0.3 is 10.1 Å². The van der Waals surface area contributed by atoms with E-state index >= 15 is 0 Å². The summed E-state index contributed by atoms with van der Waals surface area (Å²) in [5, 5.41) is 3.35. The molecule has 1 atom stereocenters. The zero-order chi connectivity index (χ0) is 24.0. The van der Waals surface area contributed by atoms with Crippen molar-refractivity contribution in [2.45, 2.75) is 31.7 Å². The van der Waals surface area contributed by atoms with Crippen molar-refractivity contribution < 1.29 is 17.9 Å². The molecule has 3 rings (SSSR count). The van der Waals surface area contributed by atoms with Gasteiger partial charge in [0.2, 0.25) is 5.91 Å². The predicted octanol–water partition coefficient (Wildman–Crippen LogP) is 5.12. The molecule has 0 fully saturated rings. The van der Waals surface area contributed by atoms with E-state index in [2.05, 4.69) is 5.32 Å². The molecule has 0 bridgehead atoms. The number of benzene rings is 3. The molecule has 0 saturated heterocycles. The maximum absolute atomic E-state index is 13.4. The van der Waals surface area contributed by atoms with E-state index in [0.717, 1.165) is 21.2 Å². The van der Waals surface area contributed by atoms with E-state index in [1.807, 2.05) is 45.0 Å². The van der Waals surface area contributed by atoms with Crippen LogP contribution in [0.5, 0.6) is 5.75 Å². The third-order valence-corrected chi connectivity index (χ3v) is 7.12. The first-order valence-corrected chi connectivity index (χ1v) is 12.4. The van der Waals surface area contributed by atoms with Crippen molar-refractivity contribution in [3.8, 4) is 5.75 Å². The molecule has 174 valence electrons. The molecular weight excluding hydrogens is 460 g/mol. The fourth-order valence-electron chi connectivity index (χ4n) is 3.28. The summed E-state index contributed by atoms with van der Waals surface area (Å²) in [7, 11) is -3.98. The van der Waals surface area contributed by atoms with Gasteiger partial charge >= 0.3 is 0 Å². The van der Waals surface area contributed by atoms with Gasteiger partial charge in [-0.15, -0.1) is 0 Å². The van der Waals surface area contributed by atoms with Crippen LogP contribution in [-0.2, 0) is 14.8 Å². The number of halogens is 1. The van der Waals surface area contributed by atoms with Crippen molar-refractivity contribution >= 4 is 33.2 Å². The summed E-state index contributed by atoms with van der Waals surface area (Å²) in [6, 6.07) is 20.0. The first-order chi connectivity index (χ1) is 15.7. The smallest absolute Gasteiger partial charge is 0.264 e. The van der Waals surface area contributed by atoms with Gasteiger partial charge in [-0.3, -0.25) is 9.10 Å². The molecule has 33 heavy (non-hydrogen) atoms. The summed E-state index contributed by atoms with van der Waals surface area (Å²) in [4.78, 5) is 13.0. The molecule has 1 amide bonds. The second-order valence-corrected chi connectivity index (χ2v) is 9.89. The summed E-state index contributed by atoms with van der Waals surface area (Å²) in [5.41, 5.74) is 2.17. The lowest BCUT2D eigenvalue weighted by Gasteiger charge is -2.25. The minimum absolute atomic E-state index is 0.107. The molecule has 6 nitrogen and oxygen atoms in total. The maximum Gasteiger partial charge on any atom is 0.264 e. The summed E-state index contributed by atoms with van der Waals surface area (Å²) in [6.07, 6.45) is 0. The van der Waals surface area contributed by atoms with E-state index in [9.17, 15) is 13.2 Å². The van der Waals surface area contributed by atoms with Crippen molar-refractivity contribution in [2.75, 3.05) is 17.5 Å². The number of nitrogens with one attached hydrogen (secondary N) is 1. The molecule has 0 unspecified atom stereocenters. The third kappa shape index (κ3) is 6.27. The zero-order valence-corrected chi connectivity index (χ0v) is 20.4.